The largest absolute Gasteiger partial charge is 0.396 e. The van der Waals surface area contributed by atoms with Crippen LogP contribution < -0.4 is 0 Å². The number of aliphatic hydroxyl groups excluding tert-OH is 3. The van der Waals surface area contributed by atoms with Gasteiger partial charge in [0.2, 0.25) is 0 Å². The molecule has 0 saturated heterocycles. The molecular formula is C26H48O3. The van der Waals surface area contributed by atoms with Gasteiger partial charge in [0.05, 0.1) is 12.2 Å². The van der Waals surface area contributed by atoms with Crippen LogP contribution in [0.5, 0.6) is 0 Å². The molecule has 3 aliphatic rings. The Bertz CT molecular complexity index is 508. The molecule has 0 radical (unpaired) electrons. The fourth-order valence-electron chi connectivity index (χ4n) is 8.12. The van der Waals surface area contributed by atoms with Crippen molar-refractivity contribution in [2.75, 3.05) is 6.61 Å². The monoisotopic (exact) mass is 408 g/mol. The first-order chi connectivity index (χ1) is 13.8. The molecule has 3 aliphatic carbocycles. The molecule has 3 rings (SSSR count). The molecule has 3 N–H and O–H groups in total. The Morgan fingerprint density at radius 1 is 1.00 bits per heavy atom. The lowest BCUT2D eigenvalue weighted by Crippen LogP contribution is -2.50. The minimum atomic E-state index is -0.214. The summed E-state index contributed by atoms with van der Waals surface area (Å²) in [6.07, 6.45) is 11.6. The average molecular weight is 409 g/mol. The van der Waals surface area contributed by atoms with Gasteiger partial charge in [-0.1, -0.05) is 34.1 Å². The minimum absolute atomic E-state index is 0.188. The van der Waals surface area contributed by atoms with Crippen LogP contribution in [0.1, 0.15) is 98.3 Å². The SMILES string of the molecule is CCC1CCC(O)CCC(C)C2CCC3(C)C(C(C)CCCO)CCC3C2C1O. The third kappa shape index (κ3) is 4.72. The summed E-state index contributed by atoms with van der Waals surface area (Å²) >= 11 is 0. The van der Waals surface area contributed by atoms with Crippen molar-refractivity contribution in [3.8, 4) is 0 Å². The van der Waals surface area contributed by atoms with Gasteiger partial charge >= 0.3 is 0 Å². The number of rotatable bonds is 5. The molecule has 0 aromatic rings. The van der Waals surface area contributed by atoms with Gasteiger partial charge in [-0.25, -0.2) is 0 Å². The van der Waals surface area contributed by atoms with Crippen LogP contribution in [0.25, 0.3) is 0 Å². The number of hydrogen-bond donors (Lipinski definition) is 3. The Kier molecular flexibility index (Phi) is 8.12. The molecule has 0 aromatic heterocycles. The van der Waals surface area contributed by atoms with E-state index in [1.54, 1.807) is 0 Å². The maximum atomic E-state index is 11.7. The van der Waals surface area contributed by atoms with E-state index in [0.717, 1.165) is 50.9 Å². The second-order valence-corrected chi connectivity index (χ2v) is 11.4. The first kappa shape index (κ1) is 23.5. The highest BCUT2D eigenvalue weighted by Gasteiger charge is 2.57. The number of aliphatic hydroxyl groups is 3. The first-order valence-electron chi connectivity index (χ1n) is 12.8. The van der Waals surface area contributed by atoms with Gasteiger partial charge in [-0.05, 0) is 111 Å². The highest BCUT2D eigenvalue weighted by Crippen LogP contribution is 2.63. The van der Waals surface area contributed by atoms with Crippen molar-refractivity contribution in [1.82, 2.24) is 0 Å². The van der Waals surface area contributed by atoms with Gasteiger partial charge in [0, 0.05) is 6.61 Å². The van der Waals surface area contributed by atoms with Crippen molar-refractivity contribution < 1.29 is 15.3 Å². The Morgan fingerprint density at radius 3 is 2.41 bits per heavy atom. The molecule has 0 heterocycles. The quantitative estimate of drug-likeness (QED) is 0.570. The van der Waals surface area contributed by atoms with Gasteiger partial charge in [0.1, 0.15) is 0 Å². The van der Waals surface area contributed by atoms with Crippen LogP contribution in [0, 0.1) is 46.8 Å². The van der Waals surface area contributed by atoms with Crippen LogP contribution in [0.3, 0.4) is 0 Å². The Labute approximate surface area is 179 Å². The van der Waals surface area contributed by atoms with Crippen LogP contribution in [-0.4, -0.2) is 34.1 Å². The molecule has 10 atom stereocenters. The van der Waals surface area contributed by atoms with E-state index in [1.807, 2.05) is 0 Å². The Balaban J connectivity index is 1.86. The van der Waals surface area contributed by atoms with E-state index < -0.39 is 0 Å². The van der Waals surface area contributed by atoms with Gasteiger partial charge < -0.3 is 15.3 Å². The predicted octanol–water partition coefficient (Wildman–Crippen LogP) is 5.41. The zero-order valence-electron chi connectivity index (χ0n) is 19.5. The average Bonchev–Trinajstić information content (AvgIpc) is 3.06. The van der Waals surface area contributed by atoms with Gasteiger partial charge in [0.15, 0.2) is 0 Å². The summed E-state index contributed by atoms with van der Waals surface area (Å²) in [6, 6.07) is 0. The number of fused-ring (bicyclic) bond motifs is 3. The number of hydrogen-bond acceptors (Lipinski definition) is 3. The summed E-state index contributed by atoms with van der Waals surface area (Å²) in [7, 11) is 0. The fourth-order valence-corrected chi connectivity index (χ4v) is 8.12. The summed E-state index contributed by atoms with van der Waals surface area (Å²) in [4.78, 5) is 0. The molecule has 3 nitrogen and oxygen atoms in total. The van der Waals surface area contributed by atoms with Gasteiger partial charge in [-0.15, -0.1) is 0 Å². The molecule has 0 amide bonds. The van der Waals surface area contributed by atoms with E-state index >= 15 is 0 Å². The third-order valence-corrected chi connectivity index (χ3v) is 9.92. The van der Waals surface area contributed by atoms with E-state index in [0.29, 0.717) is 47.5 Å². The van der Waals surface area contributed by atoms with Crippen molar-refractivity contribution in [1.29, 1.82) is 0 Å². The summed E-state index contributed by atoms with van der Waals surface area (Å²) < 4.78 is 0. The molecule has 3 fully saturated rings. The van der Waals surface area contributed by atoms with Crippen molar-refractivity contribution in [3.05, 3.63) is 0 Å². The molecule has 0 aliphatic heterocycles. The van der Waals surface area contributed by atoms with Crippen LogP contribution in [0.15, 0.2) is 0 Å². The zero-order valence-corrected chi connectivity index (χ0v) is 19.5. The van der Waals surface area contributed by atoms with Crippen LogP contribution in [0.4, 0.5) is 0 Å². The first-order valence-corrected chi connectivity index (χ1v) is 12.8. The third-order valence-electron chi connectivity index (χ3n) is 9.92. The summed E-state index contributed by atoms with van der Waals surface area (Å²) in [5.74, 6) is 4.00. The molecule has 0 aromatic carbocycles. The van der Waals surface area contributed by atoms with Crippen LogP contribution >= 0.6 is 0 Å². The minimum Gasteiger partial charge on any atom is -0.396 e. The van der Waals surface area contributed by atoms with Crippen molar-refractivity contribution in [2.45, 2.75) is 111 Å². The second-order valence-electron chi connectivity index (χ2n) is 11.4. The fraction of sp³-hybridized carbons (Fsp3) is 1.00. The predicted molar refractivity (Wildman–Crippen MR) is 119 cm³/mol. The lowest BCUT2D eigenvalue weighted by Gasteiger charge is -2.54. The maximum Gasteiger partial charge on any atom is 0.0602 e. The molecule has 10 unspecified atom stereocenters. The molecule has 3 heteroatoms. The molecule has 3 saturated carbocycles. The van der Waals surface area contributed by atoms with Crippen LogP contribution in [-0.2, 0) is 0 Å². The molecule has 0 spiro atoms. The van der Waals surface area contributed by atoms with E-state index in [1.165, 1.54) is 25.7 Å². The van der Waals surface area contributed by atoms with Gasteiger partial charge in [0.25, 0.3) is 0 Å². The van der Waals surface area contributed by atoms with Crippen LogP contribution in [0.2, 0.25) is 0 Å². The highest BCUT2D eigenvalue weighted by atomic mass is 16.3. The van der Waals surface area contributed by atoms with Crippen molar-refractivity contribution >= 4 is 0 Å². The van der Waals surface area contributed by atoms with Gasteiger partial charge in [-0.2, -0.15) is 0 Å². The molecule has 170 valence electrons. The smallest absolute Gasteiger partial charge is 0.0602 e. The van der Waals surface area contributed by atoms with E-state index in [-0.39, 0.29) is 12.2 Å². The molecular weight excluding hydrogens is 360 g/mol. The topological polar surface area (TPSA) is 60.7 Å². The molecule has 0 bridgehead atoms. The Hall–Kier alpha value is -0.120. The zero-order chi connectivity index (χ0) is 21.2. The molecule has 29 heavy (non-hydrogen) atoms. The second kappa shape index (κ2) is 10.0. The van der Waals surface area contributed by atoms with E-state index in [9.17, 15) is 15.3 Å². The van der Waals surface area contributed by atoms with E-state index in [2.05, 4.69) is 27.7 Å². The van der Waals surface area contributed by atoms with Crippen molar-refractivity contribution in [3.63, 3.8) is 0 Å². The van der Waals surface area contributed by atoms with Gasteiger partial charge in [-0.3, -0.25) is 0 Å². The Morgan fingerprint density at radius 2 is 1.72 bits per heavy atom. The summed E-state index contributed by atoms with van der Waals surface area (Å²) in [6.45, 7) is 9.87. The maximum absolute atomic E-state index is 11.7. The lowest BCUT2D eigenvalue weighted by molar-refractivity contribution is -0.100. The lowest BCUT2D eigenvalue weighted by atomic mass is 9.52. The summed E-state index contributed by atoms with van der Waals surface area (Å²) in [5.41, 5.74) is 0.346. The standard InChI is InChI=1S/C26H48O3/c1-5-19-9-11-20(28)10-8-17(2)21-14-15-26(4)22(18(3)7-6-16-27)12-13-23(26)24(21)25(19)29/h17-25,27-29H,5-16H2,1-4H3. The van der Waals surface area contributed by atoms with Crippen molar-refractivity contribution in [2.24, 2.45) is 46.8 Å². The highest BCUT2D eigenvalue weighted by molar-refractivity contribution is 5.06. The van der Waals surface area contributed by atoms with E-state index in [4.69, 9.17) is 0 Å². The summed E-state index contributed by atoms with van der Waals surface area (Å²) in [5, 5.41) is 31.4. The normalized spacial score (nSPS) is 47.3.